The van der Waals surface area contributed by atoms with E-state index in [2.05, 4.69) is 0 Å². The molecule has 6 N–H and O–H groups in total. The van der Waals surface area contributed by atoms with Gasteiger partial charge in [0.25, 0.3) is 0 Å². The van der Waals surface area contributed by atoms with Gasteiger partial charge in [-0.2, -0.15) is 0 Å². The number of methoxy groups -OCH3 is 1. The second-order valence-corrected chi connectivity index (χ2v) is 8.06. The van der Waals surface area contributed by atoms with Gasteiger partial charge in [0.1, 0.15) is 31.0 Å². The normalized spacial score (nSPS) is 26.6. The van der Waals surface area contributed by atoms with E-state index in [9.17, 15) is 30.0 Å². The fraction of sp³-hybridized carbons (Fsp3) is 0.545. The van der Waals surface area contributed by atoms with Crippen molar-refractivity contribution in [1.82, 2.24) is 0 Å². The molecule has 34 heavy (non-hydrogen) atoms. The third-order valence-electron chi connectivity index (χ3n) is 4.98. The minimum atomic E-state index is -1.84. The van der Waals surface area contributed by atoms with Gasteiger partial charge in [-0.05, 0) is 24.6 Å². The lowest BCUT2D eigenvalue weighted by atomic mass is 9.98. The van der Waals surface area contributed by atoms with Crippen molar-refractivity contribution in [3.05, 3.63) is 29.8 Å². The Balaban J connectivity index is 2.06. The number of aliphatic hydroxyl groups excluding tert-OH is 4. The average molecular weight is 486 g/mol. The van der Waals surface area contributed by atoms with Gasteiger partial charge in [0.15, 0.2) is 11.5 Å². The van der Waals surface area contributed by atoms with E-state index in [1.165, 1.54) is 19.3 Å². The molecular formula is C22H30O12. The number of rotatable bonds is 11. The Kier molecular flexibility index (Phi) is 9.79. The molecule has 6 atom stereocenters. The summed E-state index contributed by atoms with van der Waals surface area (Å²) in [5.74, 6) is -1.83. The summed E-state index contributed by atoms with van der Waals surface area (Å²) in [6.07, 6.45) is -5.88. The van der Waals surface area contributed by atoms with Crippen molar-refractivity contribution in [2.75, 3.05) is 20.3 Å². The molecule has 0 aliphatic carbocycles. The Morgan fingerprint density at radius 3 is 2.44 bits per heavy atom. The highest BCUT2D eigenvalue weighted by Gasteiger charge is 2.46. The van der Waals surface area contributed by atoms with Gasteiger partial charge in [0, 0.05) is 0 Å². The van der Waals surface area contributed by atoms with E-state index in [1.807, 2.05) is 0 Å². The van der Waals surface area contributed by atoms with Crippen LogP contribution in [0.25, 0.3) is 6.08 Å². The van der Waals surface area contributed by atoms with Crippen molar-refractivity contribution in [1.29, 1.82) is 0 Å². The molecule has 1 aromatic rings. The van der Waals surface area contributed by atoms with Gasteiger partial charge >= 0.3 is 11.9 Å². The molecule has 0 bridgehead atoms. The fourth-order valence-corrected chi connectivity index (χ4v) is 3.28. The lowest BCUT2D eigenvalue weighted by molar-refractivity contribution is -0.278. The predicted molar refractivity (Wildman–Crippen MR) is 115 cm³/mol. The van der Waals surface area contributed by atoms with Crippen LogP contribution in [0.3, 0.4) is 0 Å². The second kappa shape index (κ2) is 12.1. The minimum Gasteiger partial charge on any atom is -0.493 e. The maximum absolute atomic E-state index is 12.0. The van der Waals surface area contributed by atoms with Crippen LogP contribution in [0.2, 0.25) is 0 Å². The quantitative estimate of drug-likeness (QED) is 0.210. The highest BCUT2D eigenvalue weighted by molar-refractivity contribution is 5.73. The van der Waals surface area contributed by atoms with Crippen molar-refractivity contribution in [3.8, 4) is 11.5 Å². The van der Waals surface area contributed by atoms with Crippen LogP contribution in [0.5, 0.6) is 11.5 Å². The number of aliphatic hydroxyl groups is 5. The molecule has 0 unspecified atom stereocenters. The van der Waals surface area contributed by atoms with E-state index in [-0.39, 0.29) is 18.1 Å². The number of hydrogen-bond donors (Lipinski definition) is 6. The van der Waals surface area contributed by atoms with Gasteiger partial charge in [-0.15, -0.1) is 0 Å². The van der Waals surface area contributed by atoms with Crippen LogP contribution in [-0.2, 0) is 19.1 Å². The zero-order chi connectivity index (χ0) is 25.5. The Hall–Kier alpha value is -2.74. The van der Waals surface area contributed by atoms with E-state index < -0.39 is 67.7 Å². The lowest BCUT2D eigenvalue weighted by Crippen LogP contribution is -2.60. The molecule has 1 aliphatic heterocycles. The van der Waals surface area contributed by atoms with Crippen LogP contribution in [0.4, 0.5) is 0 Å². The van der Waals surface area contributed by atoms with E-state index >= 15 is 0 Å². The number of carboxylic acids is 1. The number of esters is 1. The lowest BCUT2D eigenvalue weighted by Gasteiger charge is -2.40. The number of aliphatic carboxylic acids is 1. The fourth-order valence-electron chi connectivity index (χ4n) is 3.28. The molecule has 1 aliphatic rings. The highest BCUT2D eigenvalue weighted by Crippen LogP contribution is 2.32. The van der Waals surface area contributed by atoms with Crippen LogP contribution in [0.1, 0.15) is 25.3 Å². The van der Waals surface area contributed by atoms with Crippen LogP contribution in [0.15, 0.2) is 24.3 Å². The summed E-state index contributed by atoms with van der Waals surface area (Å²) in [6, 6.07) is 4.76. The Morgan fingerprint density at radius 2 is 1.82 bits per heavy atom. The first-order valence-electron chi connectivity index (χ1n) is 10.4. The topological polar surface area (TPSA) is 192 Å². The standard InChI is InChI=1S/C22H30O12/c1-22(30,9-16(24)25)10-17(26)32-11-15-18(27)19(28)20(29)21(34-15)33-13-6-5-12(4-3-7-23)8-14(13)31-2/h3-6,8,15,18-21,23,27-30H,7,9-11H2,1-2H3,(H,24,25)/b4-3+/t15-,18-,19+,20-,21-,22+/m1/s1. The van der Waals surface area contributed by atoms with Gasteiger partial charge in [-0.1, -0.05) is 18.2 Å². The van der Waals surface area contributed by atoms with Crippen LogP contribution in [-0.4, -0.2) is 99.2 Å². The number of carbonyl (C=O) groups is 2. The SMILES string of the molecule is COc1cc(/C=C/CO)ccc1O[C@@H]1O[C@H](COC(=O)C[C@@](C)(O)CC(=O)O)[C@@H](O)[C@H](O)[C@H]1O. The number of hydrogen-bond acceptors (Lipinski definition) is 11. The number of ether oxygens (including phenoxy) is 4. The average Bonchev–Trinajstić information content (AvgIpc) is 2.76. The predicted octanol–water partition coefficient (Wildman–Crippen LogP) is -0.954. The van der Waals surface area contributed by atoms with Crippen molar-refractivity contribution < 1.29 is 59.2 Å². The largest absolute Gasteiger partial charge is 0.493 e. The molecule has 1 aromatic carbocycles. The summed E-state index contributed by atoms with van der Waals surface area (Å²) in [5, 5.41) is 58.4. The van der Waals surface area contributed by atoms with Crippen molar-refractivity contribution in [2.45, 2.75) is 56.1 Å². The Bertz CT molecular complexity index is 867. The summed E-state index contributed by atoms with van der Waals surface area (Å²) < 4.78 is 21.4. The molecule has 0 aromatic heterocycles. The van der Waals surface area contributed by atoms with E-state index in [4.69, 9.17) is 29.2 Å². The first-order valence-corrected chi connectivity index (χ1v) is 10.4. The van der Waals surface area contributed by atoms with Gasteiger partial charge in [-0.3, -0.25) is 9.59 Å². The maximum atomic E-state index is 12.0. The van der Waals surface area contributed by atoms with E-state index in [0.29, 0.717) is 5.56 Å². The van der Waals surface area contributed by atoms with E-state index in [0.717, 1.165) is 6.92 Å². The van der Waals surface area contributed by atoms with Gasteiger partial charge in [0.05, 0.1) is 32.2 Å². The van der Waals surface area contributed by atoms with Crippen molar-refractivity contribution in [3.63, 3.8) is 0 Å². The molecule has 12 heteroatoms. The molecule has 1 heterocycles. The molecule has 2 rings (SSSR count). The molecule has 0 spiro atoms. The van der Waals surface area contributed by atoms with Crippen molar-refractivity contribution in [2.24, 2.45) is 0 Å². The van der Waals surface area contributed by atoms with E-state index in [1.54, 1.807) is 18.2 Å². The summed E-state index contributed by atoms with van der Waals surface area (Å²) in [4.78, 5) is 22.8. The third kappa shape index (κ3) is 7.65. The second-order valence-electron chi connectivity index (χ2n) is 8.06. The summed E-state index contributed by atoms with van der Waals surface area (Å²) in [6.45, 7) is 0.456. The first-order chi connectivity index (χ1) is 16.0. The zero-order valence-electron chi connectivity index (χ0n) is 18.7. The maximum Gasteiger partial charge on any atom is 0.308 e. The molecule has 12 nitrogen and oxygen atoms in total. The molecule has 0 radical (unpaired) electrons. The first kappa shape index (κ1) is 27.5. The molecule has 1 fully saturated rings. The van der Waals surface area contributed by atoms with Gasteiger partial charge in [0.2, 0.25) is 6.29 Å². The number of carbonyl (C=O) groups excluding carboxylic acids is 1. The number of benzene rings is 1. The summed E-state index contributed by atoms with van der Waals surface area (Å²) in [5.41, 5.74) is -1.15. The third-order valence-corrected chi connectivity index (χ3v) is 4.98. The van der Waals surface area contributed by atoms with Crippen LogP contribution in [0, 0.1) is 0 Å². The monoisotopic (exact) mass is 486 g/mol. The molecule has 1 saturated heterocycles. The Labute approximate surface area is 195 Å². The zero-order valence-corrected chi connectivity index (χ0v) is 18.7. The number of carboxylic acid groups (broad SMARTS) is 1. The van der Waals surface area contributed by atoms with Crippen LogP contribution < -0.4 is 9.47 Å². The Morgan fingerprint density at radius 1 is 1.12 bits per heavy atom. The highest BCUT2D eigenvalue weighted by atomic mass is 16.7. The summed E-state index contributed by atoms with van der Waals surface area (Å²) in [7, 11) is 1.39. The smallest absolute Gasteiger partial charge is 0.308 e. The van der Waals surface area contributed by atoms with Crippen molar-refractivity contribution >= 4 is 18.0 Å². The molecule has 0 saturated carbocycles. The molecular weight excluding hydrogens is 456 g/mol. The molecule has 0 amide bonds. The molecule has 190 valence electrons. The van der Waals surface area contributed by atoms with Gasteiger partial charge < -0.3 is 49.6 Å². The van der Waals surface area contributed by atoms with Gasteiger partial charge in [-0.25, -0.2) is 0 Å². The minimum absolute atomic E-state index is 0.147. The summed E-state index contributed by atoms with van der Waals surface area (Å²) >= 11 is 0. The van der Waals surface area contributed by atoms with Crippen LogP contribution >= 0.6 is 0 Å².